The summed E-state index contributed by atoms with van der Waals surface area (Å²) in [6.07, 6.45) is 5.77. The predicted octanol–water partition coefficient (Wildman–Crippen LogP) is 5.02. The van der Waals surface area contributed by atoms with Gasteiger partial charge < -0.3 is 30.1 Å². The summed E-state index contributed by atoms with van der Waals surface area (Å²) in [5, 5.41) is 8.90. The molecule has 4 rings (SSSR count). The van der Waals surface area contributed by atoms with Gasteiger partial charge in [-0.2, -0.15) is 4.98 Å². The lowest BCUT2D eigenvalue weighted by molar-refractivity contribution is -0.111. The van der Waals surface area contributed by atoms with Crippen molar-refractivity contribution in [3.63, 3.8) is 0 Å². The van der Waals surface area contributed by atoms with Crippen LogP contribution < -0.4 is 25.2 Å². The number of aromatic nitrogens is 2. The number of fused-ring (bicyclic) bond motifs is 1. The van der Waals surface area contributed by atoms with Crippen molar-refractivity contribution in [2.45, 2.75) is 19.9 Å². The van der Waals surface area contributed by atoms with Crippen LogP contribution >= 0.6 is 22.9 Å². The Balaban J connectivity index is 1.65. The van der Waals surface area contributed by atoms with Gasteiger partial charge in [-0.15, -0.1) is 11.3 Å². The van der Waals surface area contributed by atoms with Gasteiger partial charge >= 0.3 is 0 Å². The van der Waals surface area contributed by atoms with Crippen molar-refractivity contribution < 1.29 is 9.53 Å². The number of hydrogen-bond acceptors (Lipinski definition) is 9. The van der Waals surface area contributed by atoms with Crippen LogP contribution in [0.4, 0.5) is 28.8 Å². The van der Waals surface area contributed by atoms with Crippen molar-refractivity contribution in [3.8, 4) is 5.75 Å². The highest BCUT2D eigenvalue weighted by molar-refractivity contribution is 7.10. The van der Waals surface area contributed by atoms with E-state index >= 15 is 0 Å². The van der Waals surface area contributed by atoms with Crippen LogP contribution in [0, 0.1) is 0 Å². The lowest BCUT2D eigenvalue weighted by atomic mass is 10.1. The number of carbonyl (C=O) groups is 1. The fourth-order valence-electron chi connectivity index (χ4n) is 4.24. The summed E-state index contributed by atoms with van der Waals surface area (Å²) in [4.78, 5) is 29.4. The number of ether oxygens (including phenoxy) is 1. The molecule has 0 unspecified atom stereocenters. The summed E-state index contributed by atoms with van der Waals surface area (Å²) in [5.74, 6) is 1.45. The fraction of sp³-hybridized carbons (Fsp3) is 0.370. The molecule has 1 amide bonds. The number of anilines is 5. The number of nitrogens with zero attached hydrogens (tertiary/aromatic N) is 5. The third-order valence-electron chi connectivity index (χ3n) is 6.27. The highest BCUT2D eigenvalue weighted by Crippen LogP contribution is 2.38. The summed E-state index contributed by atoms with van der Waals surface area (Å²) in [6, 6.07) is 5.91. The minimum absolute atomic E-state index is 0.214. The number of halogens is 1. The second kappa shape index (κ2) is 12.5. The number of methoxy groups -OCH3 is 1. The highest BCUT2D eigenvalue weighted by atomic mass is 35.5. The molecule has 0 radical (unpaired) electrons. The number of benzene rings is 1. The van der Waals surface area contributed by atoms with Crippen LogP contribution in [0.1, 0.15) is 17.4 Å². The third-order valence-corrected chi connectivity index (χ3v) is 7.56. The maximum Gasteiger partial charge on any atom is 0.248 e. The lowest BCUT2D eigenvalue weighted by Gasteiger charge is -2.29. The fourth-order valence-corrected chi connectivity index (χ4v) is 5.34. The van der Waals surface area contributed by atoms with Gasteiger partial charge in [0.1, 0.15) is 10.8 Å². The first-order valence-electron chi connectivity index (χ1n) is 12.4. The van der Waals surface area contributed by atoms with Crippen LogP contribution in [0.2, 0.25) is 5.02 Å². The molecule has 0 spiro atoms. The first kappa shape index (κ1) is 27.7. The zero-order valence-electron chi connectivity index (χ0n) is 22.4. The summed E-state index contributed by atoms with van der Waals surface area (Å²) in [7, 11) is 7.66. The smallest absolute Gasteiger partial charge is 0.248 e. The van der Waals surface area contributed by atoms with Gasteiger partial charge in [0.05, 0.1) is 30.4 Å². The quantitative estimate of drug-likeness (QED) is 0.337. The molecule has 0 saturated heterocycles. The normalized spacial score (nSPS) is 13.1. The zero-order chi connectivity index (χ0) is 27.2. The van der Waals surface area contributed by atoms with Crippen molar-refractivity contribution in [1.82, 2.24) is 14.9 Å². The van der Waals surface area contributed by atoms with E-state index in [0.29, 0.717) is 33.9 Å². The minimum Gasteiger partial charge on any atom is -0.494 e. The SMILES string of the molecule is CC=CC(=O)Nc1cc(Nc2ncc(Cl)c(N3CCc4sccc4C3)n2)c(OC)cc1N(C)CCN(C)C. The molecule has 1 aliphatic heterocycles. The summed E-state index contributed by atoms with van der Waals surface area (Å²) in [6.45, 7) is 5.02. The van der Waals surface area contributed by atoms with E-state index in [1.165, 1.54) is 16.5 Å². The lowest BCUT2D eigenvalue weighted by Crippen LogP contribution is -2.30. The van der Waals surface area contributed by atoms with E-state index in [2.05, 4.69) is 41.8 Å². The Labute approximate surface area is 233 Å². The molecule has 3 aromatic rings. The summed E-state index contributed by atoms with van der Waals surface area (Å²) >= 11 is 8.33. The predicted molar refractivity (Wildman–Crippen MR) is 158 cm³/mol. The van der Waals surface area contributed by atoms with Crippen molar-refractivity contribution in [2.24, 2.45) is 0 Å². The molecule has 2 N–H and O–H groups in total. The van der Waals surface area contributed by atoms with Crippen molar-refractivity contribution in [1.29, 1.82) is 0 Å². The zero-order valence-corrected chi connectivity index (χ0v) is 24.0. The van der Waals surface area contributed by atoms with Crippen LogP contribution in [0.5, 0.6) is 5.75 Å². The van der Waals surface area contributed by atoms with E-state index in [-0.39, 0.29) is 5.91 Å². The molecule has 38 heavy (non-hydrogen) atoms. The van der Waals surface area contributed by atoms with E-state index in [4.69, 9.17) is 21.3 Å². The minimum atomic E-state index is -0.214. The number of carbonyl (C=O) groups excluding carboxylic acids is 1. The van der Waals surface area contributed by atoms with E-state index in [1.807, 2.05) is 40.2 Å². The molecule has 0 aliphatic carbocycles. The number of allylic oxidation sites excluding steroid dienone is 1. The molecular weight excluding hydrogens is 522 g/mol. The van der Waals surface area contributed by atoms with Gasteiger partial charge in [0.15, 0.2) is 5.82 Å². The second-order valence-corrected chi connectivity index (χ2v) is 10.7. The Morgan fingerprint density at radius 1 is 1.26 bits per heavy atom. The Bertz CT molecular complexity index is 1310. The Morgan fingerprint density at radius 2 is 2.08 bits per heavy atom. The first-order valence-corrected chi connectivity index (χ1v) is 13.7. The second-order valence-electron chi connectivity index (χ2n) is 9.31. The van der Waals surface area contributed by atoms with Gasteiger partial charge in [-0.05, 0) is 56.6 Å². The largest absolute Gasteiger partial charge is 0.494 e. The molecule has 0 atom stereocenters. The van der Waals surface area contributed by atoms with E-state index in [0.717, 1.165) is 38.3 Å². The van der Waals surface area contributed by atoms with Crippen molar-refractivity contribution in [3.05, 3.63) is 57.4 Å². The number of thiophene rings is 1. The van der Waals surface area contributed by atoms with Crippen LogP contribution in [-0.2, 0) is 17.8 Å². The van der Waals surface area contributed by atoms with E-state index in [9.17, 15) is 4.79 Å². The number of likely N-dealkylation sites (N-methyl/N-ethyl adjacent to an activating group) is 2. The van der Waals surface area contributed by atoms with Crippen LogP contribution in [0.25, 0.3) is 0 Å². The van der Waals surface area contributed by atoms with Gasteiger partial charge in [-0.25, -0.2) is 4.98 Å². The van der Waals surface area contributed by atoms with E-state index < -0.39 is 0 Å². The Kier molecular flexibility index (Phi) is 9.09. The van der Waals surface area contributed by atoms with Gasteiger partial charge in [-0.1, -0.05) is 17.7 Å². The number of amides is 1. The molecule has 1 aliphatic rings. The maximum atomic E-state index is 12.5. The van der Waals surface area contributed by atoms with Gasteiger partial charge in [0, 0.05) is 44.2 Å². The molecule has 3 heterocycles. The molecule has 0 fully saturated rings. The molecule has 0 saturated carbocycles. The van der Waals surface area contributed by atoms with Gasteiger partial charge in [0.25, 0.3) is 0 Å². The van der Waals surface area contributed by atoms with Gasteiger partial charge in [-0.3, -0.25) is 4.79 Å². The summed E-state index contributed by atoms with van der Waals surface area (Å²) < 4.78 is 5.72. The molecule has 11 heteroatoms. The number of rotatable bonds is 10. The number of nitrogens with one attached hydrogen (secondary N) is 2. The maximum absolute atomic E-state index is 12.5. The van der Waals surface area contributed by atoms with Crippen molar-refractivity contribution >= 4 is 57.7 Å². The van der Waals surface area contributed by atoms with Crippen molar-refractivity contribution in [2.75, 3.05) is 68.3 Å². The first-order chi connectivity index (χ1) is 18.3. The van der Waals surface area contributed by atoms with Crippen LogP contribution in [0.15, 0.2) is 41.9 Å². The molecule has 0 bridgehead atoms. The average molecular weight is 556 g/mol. The monoisotopic (exact) mass is 555 g/mol. The standard InChI is InChI=1S/C27H34ClN7O2S/c1-6-7-25(36)30-20-14-21(23(37-5)15-22(20)34(4)12-11-33(2)3)31-27-29-16-19(28)26(32-27)35-10-8-24-18(17-35)9-13-38-24/h6-7,9,13-16H,8,10-12,17H2,1-5H3,(H,30,36)(H,29,31,32). The van der Waals surface area contributed by atoms with Gasteiger partial charge in [0.2, 0.25) is 11.9 Å². The molecule has 202 valence electrons. The number of hydrogen-bond donors (Lipinski definition) is 2. The average Bonchev–Trinajstić information content (AvgIpc) is 3.36. The summed E-state index contributed by atoms with van der Waals surface area (Å²) in [5.41, 5.74) is 3.42. The third kappa shape index (κ3) is 6.56. The van der Waals surface area contributed by atoms with Crippen LogP contribution in [-0.4, -0.2) is 68.7 Å². The Morgan fingerprint density at radius 3 is 2.82 bits per heavy atom. The Hall–Kier alpha value is -3.34. The van der Waals surface area contributed by atoms with E-state index in [1.54, 1.807) is 30.7 Å². The molecule has 1 aromatic carbocycles. The molecule has 9 nitrogen and oxygen atoms in total. The highest BCUT2D eigenvalue weighted by Gasteiger charge is 2.22. The molecule has 2 aromatic heterocycles. The van der Waals surface area contributed by atoms with Crippen LogP contribution in [0.3, 0.4) is 0 Å². The molecular formula is C27H34ClN7O2S. The topological polar surface area (TPSA) is 85.9 Å².